The molecule has 1 atom stereocenters. The van der Waals surface area contributed by atoms with E-state index < -0.39 is 6.04 Å². The third-order valence-electron chi connectivity index (χ3n) is 4.23. The predicted octanol–water partition coefficient (Wildman–Crippen LogP) is 1.62. The van der Waals surface area contributed by atoms with E-state index in [1.54, 1.807) is 28.5 Å². The molecule has 2 N–H and O–H groups in total. The lowest BCUT2D eigenvalue weighted by atomic mass is 10.1. The van der Waals surface area contributed by atoms with Gasteiger partial charge < -0.3 is 10.6 Å². The normalized spacial score (nSPS) is 16.1. The maximum Gasteiger partial charge on any atom is 0.267 e. The lowest BCUT2D eigenvalue weighted by molar-refractivity contribution is -0.125. The molecule has 8 heteroatoms. The summed E-state index contributed by atoms with van der Waals surface area (Å²) in [6, 6.07) is 9.68. The number of thioether (sulfide) groups is 2. The van der Waals surface area contributed by atoms with Gasteiger partial charge in [0.25, 0.3) is 5.91 Å². The van der Waals surface area contributed by atoms with Gasteiger partial charge in [0.05, 0.1) is 0 Å². The number of benzene rings is 1. The summed E-state index contributed by atoms with van der Waals surface area (Å²) >= 11 is 3.37. The summed E-state index contributed by atoms with van der Waals surface area (Å²) in [6.07, 6.45) is 5.14. The summed E-state index contributed by atoms with van der Waals surface area (Å²) in [7, 11) is 0. The van der Waals surface area contributed by atoms with E-state index in [4.69, 9.17) is 0 Å². The van der Waals surface area contributed by atoms with Crippen molar-refractivity contribution in [3.63, 3.8) is 0 Å². The quantitative estimate of drug-likeness (QED) is 0.544. The topological polar surface area (TPSA) is 73.8 Å². The Bertz CT molecular complexity index is 640. The monoisotopic (exact) mass is 408 g/mol. The van der Waals surface area contributed by atoms with E-state index >= 15 is 0 Å². The largest absolute Gasteiger partial charge is 0.353 e. The zero-order chi connectivity index (χ0) is 19.5. The van der Waals surface area contributed by atoms with Crippen LogP contribution in [0.25, 0.3) is 0 Å². The third kappa shape index (κ3) is 7.10. The Hall–Kier alpha value is -1.67. The highest BCUT2D eigenvalue weighted by molar-refractivity contribution is 7.98. The molecule has 0 radical (unpaired) electrons. The number of nitrogens with zero attached hydrogens (tertiary/aromatic N) is 2. The van der Waals surface area contributed by atoms with Gasteiger partial charge in [-0.3, -0.25) is 14.6 Å². The van der Waals surface area contributed by atoms with E-state index in [2.05, 4.69) is 27.9 Å². The SMILES string of the molecule is CSCCNC(=O)C1=NN(CCc2ccccc2)C(C(=O)NCCSC)C1. The minimum atomic E-state index is -0.420. The van der Waals surface area contributed by atoms with Crippen LogP contribution >= 0.6 is 23.5 Å². The molecule has 6 nitrogen and oxygen atoms in total. The minimum absolute atomic E-state index is 0.0622. The van der Waals surface area contributed by atoms with Crippen molar-refractivity contribution in [1.82, 2.24) is 15.6 Å². The Morgan fingerprint density at radius 2 is 1.78 bits per heavy atom. The summed E-state index contributed by atoms with van der Waals surface area (Å²) < 4.78 is 0. The van der Waals surface area contributed by atoms with Gasteiger partial charge in [0, 0.05) is 37.6 Å². The number of carbonyl (C=O) groups is 2. The predicted molar refractivity (Wildman–Crippen MR) is 115 cm³/mol. The highest BCUT2D eigenvalue weighted by Crippen LogP contribution is 2.17. The van der Waals surface area contributed by atoms with Crippen molar-refractivity contribution in [3.05, 3.63) is 35.9 Å². The van der Waals surface area contributed by atoms with Gasteiger partial charge in [-0.05, 0) is 24.5 Å². The Morgan fingerprint density at radius 1 is 1.11 bits per heavy atom. The molecule has 2 rings (SSSR count). The second kappa shape index (κ2) is 11.9. The van der Waals surface area contributed by atoms with Crippen LogP contribution in [0.4, 0.5) is 0 Å². The molecule has 0 spiro atoms. The molecule has 27 heavy (non-hydrogen) atoms. The van der Waals surface area contributed by atoms with E-state index in [1.807, 2.05) is 30.7 Å². The Kier molecular flexibility index (Phi) is 9.55. The van der Waals surface area contributed by atoms with Gasteiger partial charge in [-0.15, -0.1) is 0 Å². The lowest BCUT2D eigenvalue weighted by Gasteiger charge is -2.22. The van der Waals surface area contributed by atoms with E-state index in [0.29, 0.717) is 31.8 Å². The number of amides is 2. The fourth-order valence-electron chi connectivity index (χ4n) is 2.78. The molecule has 1 aromatic rings. The van der Waals surface area contributed by atoms with Crippen LogP contribution in [0.5, 0.6) is 0 Å². The molecule has 0 aromatic heterocycles. The minimum Gasteiger partial charge on any atom is -0.353 e. The fourth-order valence-corrected chi connectivity index (χ4v) is 3.39. The Morgan fingerprint density at radius 3 is 2.44 bits per heavy atom. The summed E-state index contributed by atoms with van der Waals surface area (Å²) in [4.78, 5) is 25.0. The first-order chi connectivity index (χ1) is 13.2. The molecule has 0 aliphatic carbocycles. The first kappa shape index (κ1) is 21.6. The molecular formula is C19H28N4O2S2. The van der Waals surface area contributed by atoms with Crippen molar-refractivity contribution < 1.29 is 9.59 Å². The summed E-state index contributed by atoms with van der Waals surface area (Å²) in [5.41, 5.74) is 1.63. The molecule has 0 bridgehead atoms. The summed E-state index contributed by atoms with van der Waals surface area (Å²) in [5.74, 6) is 1.49. The van der Waals surface area contributed by atoms with Gasteiger partial charge in [0.15, 0.2) is 0 Å². The number of hydrazone groups is 1. The van der Waals surface area contributed by atoms with Crippen LogP contribution in [0.15, 0.2) is 35.4 Å². The van der Waals surface area contributed by atoms with Crippen LogP contribution in [0, 0.1) is 0 Å². The van der Waals surface area contributed by atoms with E-state index in [9.17, 15) is 9.59 Å². The van der Waals surface area contributed by atoms with E-state index in [1.165, 1.54) is 5.56 Å². The number of nitrogens with one attached hydrogen (secondary N) is 2. The van der Waals surface area contributed by atoms with Crippen LogP contribution in [0.2, 0.25) is 0 Å². The molecule has 148 valence electrons. The molecular weight excluding hydrogens is 380 g/mol. The van der Waals surface area contributed by atoms with Crippen LogP contribution < -0.4 is 10.6 Å². The third-order valence-corrected chi connectivity index (χ3v) is 5.45. The molecule has 1 aliphatic heterocycles. The molecule has 1 unspecified atom stereocenters. The average Bonchev–Trinajstić information content (AvgIpc) is 3.12. The second-order valence-corrected chi connectivity index (χ2v) is 8.17. The van der Waals surface area contributed by atoms with Crippen LogP contribution in [0.3, 0.4) is 0 Å². The van der Waals surface area contributed by atoms with Gasteiger partial charge in [0.2, 0.25) is 5.91 Å². The molecule has 0 saturated heterocycles. The number of rotatable bonds is 11. The zero-order valence-corrected chi connectivity index (χ0v) is 17.6. The smallest absolute Gasteiger partial charge is 0.267 e. The lowest BCUT2D eigenvalue weighted by Crippen LogP contribution is -2.44. The highest BCUT2D eigenvalue weighted by atomic mass is 32.2. The first-order valence-corrected chi connectivity index (χ1v) is 11.9. The van der Waals surface area contributed by atoms with Crippen molar-refractivity contribution in [2.45, 2.75) is 18.9 Å². The van der Waals surface area contributed by atoms with E-state index in [-0.39, 0.29) is 11.8 Å². The maximum atomic E-state index is 12.6. The van der Waals surface area contributed by atoms with Crippen molar-refractivity contribution in [1.29, 1.82) is 0 Å². The molecule has 1 aromatic carbocycles. The molecule has 2 amide bonds. The maximum absolute atomic E-state index is 12.6. The summed E-state index contributed by atoms with van der Waals surface area (Å²) in [5, 5.41) is 12.1. The highest BCUT2D eigenvalue weighted by Gasteiger charge is 2.34. The van der Waals surface area contributed by atoms with Gasteiger partial charge in [0.1, 0.15) is 11.8 Å². The molecule has 1 aliphatic rings. The Labute approximate surface area is 169 Å². The van der Waals surface area contributed by atoms with Gasteiger partial charge in [-0.25, -0.2) is 0 Å². The van der Waals surface area contributed by atoms with Crippen molar-refractivity contribution in [3.8, 4) is 0 Å². The summed E-state index contributed by atoms with van der Waals surface area (Å²) in [6.45, 7) is 1.83. The van der Waals surface area contributed by atoms with Crippen molar-refractivity contribution in [2.24, 2.45) is 5.10 Å². The molecule has 1 heterocycles. The van der Waals surface area contributed by atoms with Crippen LogP contribution in [-0.2, 0) is 16.0 Å². The van der Waals surface area contributed by atoms with Crippen molar-refractivity contribution >= 4 is 41.0 Å². The Balaban J connectivity index is 2.00. The number of carbonyl (C=O) groups excluding carboxylic acids is 2. The first-order valence-electron chi connectivity index (χ1n) is 9.07. The fraction of sp³-hybridized carbons (Fsp3) is 0.526. The van der Waals surface area contributed by atoms with Crippen LogP contribution in [0.1, 0.15) is 12.0 Å². The van der Waals surface area contributed by atoms with Crippen molar-refractivity contribution in [2.75, 3.05) is 43.7 Å². The number of hydrogen-bond acceptors (Lipinski definition) is 6. The second-order valence-electron chi connectivity index (χ2n) is 6.20. The molecule has 0 fully saturated rings. The standard InChI is InChI=1S/C19H28N4O2S2/c1-26-12-9-20-18(24)16-14-17(19(25)21-10-13-27-2)23(22-16)11-8-15-6-4-3-5-7-15/h3-7,17H,8-14H2,1-2H3,(H,20,24)(H,21,25). The number of hydrogen-bond donors (Lipinski definition) is 2. The zero-order valence-electron chi connectivity index (χ0n) is 15.9. The van der Waals surface area contributed by atoms with E-state index in [0.717, 1.165) is 17.9 Å². The van der Waals surface area contributed by atoms with Crippen LogP contribution in [-0.4, -0.2) is 72.2 Å². The molecule has 0 saturated carbocycles. The average molecular weight is 409 g/mol. The van der Waals surface area contributed by atoms with Gasteiger partial charge in [-0.2, -0.15) is 28.6 Å². The van der Waals surface area contributed by atoms with Gasteiger partial charge in [-0.1, -0.05) is 30.3 Å². The van der Waals surface area contributed by atoms with Gasteiger partial charge >= 0.3 is 0 Å².